The van der Waals surface area contributed by atoms with Crippen molar-refractivity contribution >= 4 is 0 Å². The fraction of sp³-hybridized carbons (Fsp3) is 0. The number of hydrogen-bond donors (Lipinski definition) is 2. The van der Waals surface area contributed by atoms with Crippen LogP contribution in [0.1, 0.15) is 0 Å². The number of phenols is 2. The molecule has 0 saturated carbocycles. The van der Waals surface area contributed by atoms with Gasteiger partial charge in [-0.25, -0.2) is 19.3 Å². The van der Waals surface area contributed by atoms with Gasteiger partial charge in [0.05, 0.1) is 0 Å². The number of hydrogen-bond acceptors (Lipinski definition) is 8. The fourth-order valence-corrected chi connectivity index (χ4v) is 2.90. The van der Waals surface area contributed by atoms with Crippen molar-refractivity contribution in [1.29, 1.82) is 0 Å². The Kier molecular flexibility index (Phi) is 4.14. The third kappa shape index (κ3) is 3.11. The Morgan fingerprint density at radius 3 is 1.47 bits per heavy atom. The third-order valence-corrected chi connectivity index (χ3v) is 4.34. The Hall–Kier alpha value is -4.60. The minimum absolute atomic E-state index is 0.116. The highest BCUT2D eigenvalue weighted by Gasteiger charge is 2.16. The molecule has 146 valence electrons. The van der Waals surface area contributed by atoms with E-state index in [1.807, 2.05) is 12.1 Å². The first kappa shape index (κ1) is 17.5. The molecule has 10 nitrogen and oxygen atoms in total. The highest BCUT2D eigenvalue weighted by atomic mass is 16.3. The average Bonchev–Trinajstić information content (AvgIpc) is 3.47. The summed E-state index contributed by atoms with van der Waals surface area (Å²) in [6.45, 7) is 0. The van der Waals surface area contributed by atoms with E-state index in [4.69, 9.17) is 0 Å². The van der Waals surface area contributed by atoms with Gasteiger partial charge >= 0.3 is 0 Å². The van der Waals surface area contributed by atoms with Gasteiger partial charge in [-0.2, -0.15) is 0 Å². The molecule has 0 spiro atoms. The molecule has 4 heterocycles. The molecule has 2 N–H and O–H groups in total. The van der Waals surface area contributed by atoms with E-state index >= 15 is 0 Å². The van der Waals surface area contributed by atoms with Crippen molar-refractivity contribution in [2.75, 3.05) is 0 Å². The number of pyridine rings is 2. The van der Waals surface area contributed by atoms with E-state index in [2.05, 4.69) is 30.1 Å². The van der Waals surface area contributed by atoms with Crippen molar-refractivity contribution < 1.29 is 10.2 Å². The molecule has 4 aromatic heterocycles. The van der Waals surface area contributed by atoms with Crippen LogP contribution < -0.4 is 0 Å². The van der Waals surface area contributed by atoms with E-state index < -0.39 is 0 Å². The van der Waals surface area contributed by atoms with Crippen molar-refractivity contribution in [2.24, 2.45) is 0 Å². The van der Waals surface area contributed by atoms with E-state index in [0.717, 1.165) is 0 Å². The Bertz CT molecular complexity index is 1210. The summed E-state index contributed by atoms with van der Waals surface area (Å²) in [6, 6.07) is 13.6. The molecule has 5 aromatic rings. The fourth-order valence-electron chi connectivity index (χ4n) is 2.90. The Balaban J connectivity index is 1.49. The van der Waals surface area contributed by atoms with Crippen molar-refractivity contribution in [2.45, 2.75) is 0 Å². The molecule has 10 heteroatoms. The Labute approximate surface area is 169 Å². The first-order valence-electron chi connectivity index (χ1n) is 8.92. The summed E-state index contributed by atoms with van der Waals surface area (Å²) in [4.78, 5) is 16.8. The molecular weight excluding hydrogens is 384 g/mol. The van der Waals surface area contributed by atoms with Gasteiger partial charge in [-0.3, -0.25) is 9.97 Å². The molecule has 0 atom stereocenters. The van der Waals surface area contributed by atoms with Gasteiger partial charge in [-0.15, -0.1) is 10.2 Å². The molecule has 0 radical (unpaired) electrons. The molecular formula is C20H14N8O2. The van der Waals surface area contributed by atoms with E-state index in [1.54, 1.807) is 36.7 Å². The summed E-state index contributed by atoms with van der Waals surface area (Å²) in [5.74, 6) is 0.565. The van der Waals surface area contributed by atoms with Crippen LogP contribution in [0.15, 0.2) is 73.6 Å². The van der Waals surface area contributed by atoms with Crippen molar-refractivity contribution in [1.82, 2.24) is 39.5 Å². The number of rotatable bonds is 4. The van der Waals surface area contributed by atoms with Crippen LogP contribution >= 0.6 is 0 Å². The predicted molar refractivity (Wildman–Crippen MR) is 106 cm³/mol. The molecule has 0 aliphatic carbocycles. The predicted octanol–water partition coefficient (Wildman–Crippen LogP) is 2.38. The maximum absolute atomic E-state index is 10.5. The standard InChI is InChI=1S/C20H14N8O2/c29-17-10-16(28-12-24-20(26-28)14-6-2-4-8-22-14)18(30)9-15(17)27-11-23-19(25-27)13-5-1-3-7-21-13/h1-12,29-30H. The normalized spacial score (nSPS) is 10.9. The van der Waals surface area contributed by atoms with Crippen LogP contribution in [0.25, 0.3) is 34.4 Å². The quantitative estimate of drug-likeness (QED) is 0.442. The summed E-state index contributed by atoms with van der Waals surface area (Å²) >= 11 is 0. The van der Waals surface area contributed by atoms with E-state index in [1.165, 1.54) is 34.2 Å². The molecule has 5 rings (SSSR count). The first-order valence-corrected chi connectivity index (χ1v) is 8.92. The lowest BCUT2D eigenvalue weighted by Crippen LogP contribution is -2.00. The van der Waals surface area contributed by atoms with Gasteiger partial charge in [0.1, 0.15) is 46.9 Å². The van der Waals surface area contributed by atoms with E-state index in [-0.39, 0.29) is 22.9 Å². The number of aromatic nitrogens is 8. The summed E-state index contributed by atoms with van der Waals surface area (Å²) < 4.78 is 2.73. The van der Waals surface area contributed by atoms with Gasteiger partial charge in [0, 0.05) is 24.5 Å². The molecule has 0 fully saturated rings. The Morgan fingerprint density at radius 1 is 0.600 bits per heavy atom. The average molecular weight is 398 g/mol. The lowest BCUT2D eigenvalue weighted by Gasteiger charge is -2.09. The second kappa shape index (κ2) is 7.09. The largest absolute Gasteiger partial charge is 0.506 e. The topological polar surface area (TPSA) is 128 Å². The summed E-state index contributed by atoms with van der Waals surface area (Å²) in [6.07, 6.45) is 6.16. The highest BCUT2D eigenvalue weighted by Crippen LogP contribution is 2.32. The monoisotopic (exact) mass is 398 g/mol. The van der Waals surface area contributed by atoms with Gasteiger partial charge in [0.2, 0.25) is 0 Å². The second-order valence-corrected chi connectivity index (χ2v) is 6.29. The van der Waals surface area contributed by atoms with Gasteiger partial charge in [0.15, 0.2) is 11.6 Å². The van der Waals surface area contributed by atoms with Crippen LogP contribution in [-0.2, 0) is 0 Å². The van der Waals surface area contributed by atoms with E-state index in [0.29, 0.717) is 23.0 Å². The molecule has 0 aliphatic heterocycles. The molecule has 0 amide bonds. The lowest BCUT2D eigenvalue weighted by molar-refractivity contribution is 0.452. The van der Waals surface area contributed by atoms with Crippen LogP contribution in [0, 0.1) is 0 Å². The summed E-state index contributed by atoms with van der Waals surface area (Å²) in [7, 11) is 0. The van der Waals surface area contributed by atoms with Gasteiger partial charge in [0.25, 0.3) is 0 Å². The smallest absolute Gasteiger partial charge is 0.200 e. The van der Waals surface area contributed by atoms with Crippen molar-refractivity contribution in [3.63, 3.8) is 0 Å². The molecule has 0 saturated heterocycles. The molecule has 1 aromatic carbocycles. The SMILES string of the molecule is Oc1cc(-n2cnc(-c3ccccn3)n2)c(O)cc1-n1cnc(-c2ccccn2)n1. The maximum atomic E-state index is 10.5. The number of benzene rings is 1. The minimum Gasteiger partial charge on any atom is -0.506 e. The zero-order chi connectivity index (χ0) is 20.5. The van der Waals surface area contributed by atoms with Crippen LogP contribution in [0.3, 0.4) is 0 Å². The van der Waals surface area contributed by atoms with Crippen molar-refractivity contribution in [3.05, 3.63) is 73.6 Å². The van der Waals surface area contributed by atoms with Gasteiger partial charge in [-0.05, 0) is 24.3 Å². The zero-order valence-corrected chi connectivity index (χ0v) is 15.4. The molecule has 0 bridgehead atoms. The van der Waals surface area contributed by atoms with Crippen LogP contribution in [0.4, 0.5) is 0 Å². The van der Waals surface area contributed by atoms with Crippen LogP contribution in [0.2, 0.25) is 0 Å². The summed E-state index contributed by atoms with van der Waals surface area (Å²) in [5, 5.41) is 29.7. The molecule has 30 heavy (non-hydrogen) atoms. The number of aromatic hydroxyl groups is 2. The van der Waals surface area contributed by atoms with Crippen LogP contribution in [0.5, 0.6) is 11.5 Å². The minimum atomic E-state index is -0.116. The van der Waals surface area contributed by atoms with E-state index in [9.17, 15) is 10.2 Å². The number of nitrogens with zero attached hydrogens (tertiary/aromatic N) is 8. The first-order chi connectivity index (χ1) is 14.7. The summed E-state index contributed by atoms with van der Waals surface area (Å²) in [5.41, 5.74) is 1.72. The second-order valence-electron chi connectivity index (χ2n) is 6.29. The maximum Gasteiger partial charge on any atom is 0.200 e. The van der Waals surface area contributed by atoms with Crippen molar-refractivity contribution in [3.8, 4) is 45.9 Å². The Morgan fingerprint density at radius 2 is 1.07 bits per heavy atom. The lowest BCUT2D eigenvalue weighted by atomic mass is 10.2. The van der Waals surface area contributed by atoms with Crippen LogP contribution in [-0.4, -0.2) is 49.7 Å². The zero-order valence-electron chi connectivity index (χ0n) is 15.4. The molecule has 0 unspecified atom stereocenters. The van der Waals surface area contributed by atoms with Gasteiger partial charge < -0.3 is 10.2 Å². The third-order valence-electron chi connectivity index (χ3n) is 4.34. The highest BCUT2D eigenvalue weighted by molar-refractivity contribution is 5.60. The number of phenolic OH excluding ortho intramolecular Hbond substituents is 2. The molecule has 0 aliphatic rings. The van der Waals surface area contributed by atoms with Gasteiger partial charge in [-0.1, -0.05) is 12.1 Å².